The first kappa shape index (κ1) is 25.6. The number of unbranched alkanes of at least 4 members (excludes halogenated alkanes) is 2. The molecule has 0 aliphatic heterocycles. The summed E-state index contributed by atoms with van der Waals surface area (Å²) >= 11 is 0. The third-order valence-electron chi connectivity index (χ3n) is 5.54. The standard InChI is InChI=1S/C28H32N4O3/c1-3-4-5-15-35-24-11-9-21(10-12-24)17-23(19-33)31-28(34)25-7-6-14-30-27(25)32-26-13-8-20(2)16-22(26)18-29/h6-14,16,18-19,23,29H,3-5,15,17H2,1-2H3,(H,30,32)(H,31,34). The molecule has 7 nitrogen and oxygen atoms in total. The summed E-state index contributed by atoms with van der Waals surface area (Å²) in [5, 5.41) is 13.6. The number of nitrogens with zero attached hydrogens (tertiary/aromatic N) is 1. The molecule has 0 bridgehead atoms. The topological polar surface area (TPSA) is 104 Å². The molecular formula is C28H32N4O3. The van der Waals surface area contributed by atoms with Crippen LogP contribution < -0.4 is 15.4 Å². The van der Waals surface area contributed by atoms with Crippen molar-refractivity contribution in [3.05, 3.63) is 83.0 Å². The van der Waals surface area contributed by atoms with Gasteiger partial charge in [0.2, 0.25) is 0 Å². The van der Waals surface area contributed by atoms with Gasteiger partial charge in [-0.25, -0.2) is 4.98 Å². The van der Waals surface area contributed by atoms with E-state index < -0.39 is 11.9 Å². The average Bonchev–Trinajstić information content (AvgIpc) is 2.88. The molecule has 1 aromatic heterocycles. The number of aldehydes is 1. The summed E-state index contributed by atoms with van der Waals surface area (Å²) in [6.45, 7) is 4.79. The van der Waals surface area contributed by atoms with Crippen LogP contribution in [-0.2, 0) is 11.2 Å². The maximum atomic E-state index is 13.0. The zero-order valence-corrected chi connectivity index (χ0v) is 20.2. The Morgan fingerprint density at radius 2 is 1.94 bits per heavy atom. The van der Waals surface area contributed by atoms with E-state index in [0.29, 0.717) is 35.7 Å². The summed E-state index contributed by atoms with van der Waals surface area (Å²) in [6, 6.07) is 15.9. The highest BCUT2D eigenvalue weighted by atomic mass is 16.5. The van der Waals surface area contributed by atoms with Crippen LogP contribution in [-0.4, -0.2) is 36.0 Å². The predicted molar refractivity (Wildman–Crippen MR) is 139 cm³/mol. The van der Waals surface area contributed by atoms with Gasteiger partial charge in [0.1, 0.15) is 17.9 Å². The number of aryl methyl sites for hydroxylation is 1. The SMILES string of the molecule is CCCCCOc1ccc(CC(C=O)NC(=O)c2cccnc2Nc2ccc(C)cc2C=N)cc1. The van der Waals surface area contributed by atoms with Crippen LogP contribution >= 0.6 is 0 Å². The van der Waals surface area contributed by atoms with E-state index >= 15 is 0 Å². The molecule has 1 unspecified atom stereocenters. The van der Waals surface area contributed by atoms with Gasteiger partial charge in [-0.3, -0.25) is 4.79 Å². The first-order valence-corrected chi connectivity index (χ1v) is 11.8. The number of rotatable bonds is 13. The third kappa shape index (κ3) is 7.50. The monoisotopic (exact) mass is 472 g/mol. The van der Waals surface area contributed by atoms with Crippen molar-refractivity contribution in [3.63, 3.8) is 0 Å². The Morgan fingerprint density at radius 1 is 1.14 bits per heavy atom. The fourth-order valence-corrected chi connectivity index (χ4v) is 3.63. The van der Waals surface area contributed by atoms with E-state index in [1.807, 2.05) is 49.4 Å². The minimum Gasteiger partial charge on any atom is -0.494 e. The van der Waals surface area contributed by atoms with Crippen molar-refractivity contribution in [2.75, 3.05) is 11.9 Å². The van der Waals surface area contributed by atoms with Gasteiger partial charge in [0.15, 0.2) is 0 Å². The smallest absolute Gasteiger partial charge is 0.255 e. The lowest BCUT2D eigenvalue weighted by Crippen LogP contribution is -2.38. The zero-order chi connectivity index (χ0) is 25.0. The average molecular weight is 473 g/mol. The first-order chi connectivity index (χ1) is 17.0. The maximum Gasteiger partial charge on any atom is 0.255 e. The number of pyridine rings is 1. The van der Waals surface area contributed by atoms with E-state index in [9.17, 15) is 9.59 Å². The van der Waals surface area contributed by atoms with E-state index in [0.717, 1.165) is 42.4 Å². The van der Waals surface area contributed by atoms with Gasteiger partial charge in [0.05, 0.1) is 18.2 Å². The fraction of sp³-hybridized carbons (Fsp3) is 0.286. The molecule has 3 rings (SSSR count). The molecule has 2 aromatic carbocycles. The van der Waals surface area contributed by atoms with Crippen molar-refractivity contribution in [2.24, 2.45) is 0 Å². The van der Waals surface area contributed by atoms with Crippen LogP contribution in [0.15, 0.2) is 60.8 Å². The van der Waals surface area contributed by atoms with Crippen molar-refractivity contribution in [1.82, 2.24) is 10.3 Å². The zero-order valence-electron chi connectivity index (χ0n) is 20.2. The number of hydrogen-bond donors (Lipinski definition) is 3. The van der Waals surface area contributed by atoms with Gasteiger partial charge in [-0.15, -0.1) is 0 Å². The quantitative estimate of drug-likeness (QED) is 0.179. The predicted octanol–water partition coefficient (Wildman–Crippen LogP) is 5.24. The highest BCUT2D eigenvalue weighted by molar-refractivity contribution is 6.01. The van der Waals surface area contributed by atoms with Crippen molar-refractivity contribution in [1.29, 1.82) is 5.41 Å². The minimum atomic E-state index is -0.691. The number of carbonyl (C=O) groups excluding carboxylic acids is 2. The second-order valence-electron chi connectivity index (χ2n) is 8.38. The lowest BCUT2D eigenvalue weighted by atomic mass is 10.1. The van der Waals surface area contributed by atoms with E-state index in [-0.39, 0.29) is 0 Å². The molecule has 3 aromatic rings. The van der Waals surface area contributed by atoms with Crippen LogP contribution in [0.1, 0.15) is 53.2 Å². The van der Waals surface area contributed by atoms with Crippen molar-refractivity contribution < 1.29 is 14.3 Å². The van der Waals surface area contributed by atoms with Gasteiger partial charge >= 0.3 is 0 Å². The Labute approximate surface area is 206 Å². The number of hydrogen-bond acceptors (Lipinski definition) is 6. The summed E-state index contributed by atoms with van der Waals surface area (Å²) in [7, 11) is 0. The van der Waals surface area contributed by atoms with Crippen LogP contribution in [0.5, 0.6) is 5.75 Å². The fourth-order valence-electron chi connectivity index (χ4n) is 3.63. The molecule has 0 aliphatic rings. The molecule has 182 valence electrons. The molecule has 0 fully saturated rings. The number of aromatic nitrogens is 1. The Kier molecular flexibility index (Phi) is 9.54. The number of carbonyl (C=O) groups is 2. The maximum absolute atomic E-state index is 13.0. The molecule has 0 radical (unpaired) electrons. The van der Waals surface area contributed by atoms with Gasteiger partial charge in [0, 0.05) is 23.7 Å². The van der Waals surface area contributed by atoms with Crippen LogP contribution in [0.4, 0.5) is 11.5 Å². The van der Waals surface area contributed by atoms with Crippen molar-refractivity contribution in [3.8, 4) is 5.75 Å². The Bertz CT molecular complexity index is 1150. The number of anilines is 2. The summed E-state index contributed by atoms with van der Waals surface area (Å²) in [6.07, 6.45) is 7.25. The highest BCUT2D eigenvalue weighted by Crippen LogP contribution is 2.22. The lowest BCUT2D eigenvalue weighted by Gasteiger charge is -2.16. The molecule has 3 N–H and O–H groups in total. The highest BCUT2D eigenvalue weighted by Gasteiger charge is 2.18. The summed E-state index contributed by atoms with van der Waals surface area (Å²) in [5.41, 5.74) is 3.61. The van der Waals surface area contributed by atoms with Gasteiger partial charge in [-0.1, -0.05) is 43.5 Å². The van der Waals surface area contributed by atoms with Gasteiger partial charge < -0.3 is 25.6 Å². The number of nitrogens with one attached hydrogen (secondary N) is 3. The summed E-state index contributed by atoms with van der Waals surface area (Å²) in [5.74, 6) is 0.742. The molecule has 1 heterocycles. The Balaban J connectivity index is 1.65. The van der Waals surface area contributed by atoms with Gasteiger partial charge in [0.25, 0.3) is 5.91 Å². The second-order valence-corrected chi connectivity index (χ2v) is 8.38. The lowest BCUT2D eigenvalue weighted by molar-refractivity contribution is -0.109. The molecule has 1 amide bonds. The Hall–Kier alpha value is -4.00. The second kappa shape index (κ2) is 13.0. The summed E-state index contributed by atoms with van der Waals surface area (Å²) < 4.78 is 5.73. The molecule has 0 saturated carbocycles. The number of benzene rings is 2. The third-order valence-corrected chi connectivity index (χ3v) is 5.54. The first-order valence-electron chi connectivity index (χ1n) is 11.8. The normalized spacial score (nSPS) is 11.4. The Morgan fingerprint density at radius 3 is 2.66 bits per heavy atom. The van der Waals surface area contributed by atoms with Crippen LogP contribution in [0.3, 0.4) is 0 Å². The van der Waals surface area contributed by atoms with Gasteiger partial charge in [-0.05, 0) is 61.7 Å². The molecule has 0 aliphatic carbocycles. The van der Waals surface area contributed by atoms with Gasteiger partial charge in [-0.2, -0.15) is 0 Å². The molecule has 1 atom stereocenters. The largest absolute Gasteiger partial charge is 0.494 e. The summed E-state index contributed by atoms with van der Waals surface area (Å²) in [4.78, 5) is 29.1. The molecule has 0 spiro atoms. The van der Waals surface area contributed by atoms with Crippen molar-refractivity contribution in [2.45, 2.75) is 45.6 Å². The molecular weight excluding hydrogens is 440 g/mol. The van der Waals surface area contributed by atoms with Crippen LogP contribution in [0, 0.1) is 12.3 Å². The number of ether oxygens (including phenoxy) is 1. The van der Waals surface area contributed by atoms with E-state index in [1.165, 1.54) is 6.21 Å². The van der Waals surface area contributed by atoms with E-state index in [4.69, 9.17) is 10.1 Å². The number of amides is 1. The van der Waals surface area contributed by atoms with Crippen LogP contribution in [0.2, 0.25) is 0 Å². The van der Waals surface area contributed by atoms with Crippen molar-refractivity contribution >= 4 is 29.9 Å². The minimum absolute atomic E-state index is 0.312. The van der Waals surface area contributed by atoms with Crippen LogP contribution in [0.25, 0.3) is 0 Å². The molecule has 7 heteroatoms. The molecule has 0 saturated heterocycles. The van der Waals surface area contributed by atoms with E-state index in [2.05, 4.69) is 22.5 Å². The van der Waals surface area contributed by atoms with E-state index in [1.54, 1.807) is 18.3 Å². The molecule has 35 heavy (non-hydrogen) atoms.